The van der Waals surface area contributed by atoms with Crippen LogP contribution in [0.1, 0.15) is 25.0 Å². The number of hydrogen-bond acceptors (Lipinski definition) is 6. The number of nitrogens with zero attached hydrogens (tertiary/aromatic N) is 5. The minimum absolute atomic E-state index is 0.435. The summed E-state index contributed by atoms with van der Waals surface area (Å²) in [5, 5.41) is 4.45. The first-order valence-corrected chi connectivity index (χ1v) is 12.6. The Morgan fingerprint density at radius 1 is 1.06 bits per heavy atom. The maximum Gasteiger partial charge on any atom is 0.0751 e. The van der Waals surface area contributed by atoms with Crippen molar-refractivity contribution in [2.24, 2.45) is 5.41 Å². The van der Waals surface area contributed by atoms with E-state index in [1.165, 1.54) is 42.7 Å². The first-order valence-electron chi connectivity index (χ1n) is 12.6. The summed E-state index contributed by atoms with van der Waals surface area (Å²) in [7, 11) is 8.43. The van der Waals surface area contributed by atoms with Crippen molar-refractivity contribution in [1.29, 1.82) is 0 Å². The number of nitrogens with one attached hydrogen (secondary N) is 1. The van der Waals surface area contributed by atoms with Gasteiger partial charge in [-0.2, -0.15) is 0 Å². The number of aromatic nitrogens is 2. The second-order valence-electron chi connectivity index (χ2n) is 10.5. The molecule has 1 N–H and O–H groups in total. The molecule has 1 spiro atoms. The minimum atomic E-state index is 0.435. The largest absolute Gasteiger partial charge is 0.378 e. The normalized spacial score (nSPS) is 20.6. The summed E-state index contributed by atoms with van der Waals surface area (Å²) in [6, 6.07) is 13.3. The summed E-state index contributed by atoms with van der Waals surface area (Å²) in [6.07, 6.45) is 6.67. The van der Waals surface area contributed by atoms with E-state index >= 15 is 0 Å². The van der Waals surface area contributed by atoms with Crippen molar-refractivity contribution in [2.75, 3.05) is 70.7 Å². The van der Waals surface area contributed by atoms with E-state index in [9.17, 15) is 0 Å². The van der Waals surface area contributed by atoms with Crippen LogP contribution in [0.25, 0.3) is 22.2 Å². The lowest BCUT2D eigenvalue weighted by atomic mass is 9.86. The average Bonchev–Trinajstić information content (AvgIpc) is 3.43. The smallest absolute Gasteiger partial charge is 0.0751 e. The van der Waals surface area contributed by atoms with Crippen molar-refractivity contribution in [1.82, 2.24) is 20.2 Å². The van der Waals surface area contributed by atoms with Gasteiger partial charge in [0.15, 0.2) is 0 Å². The molecular formula is C28H38N6. The molecule has 4 heterocycles. The van der Waals surface area contributed by atoms with Crippen molar-refractivity contribution in [2.45, 2.75) is 25.7 Å². The second-order valence-corrected chi connectivity index (χ2v) is 10.5. The van der Waals surface area contributed by atoms with Crippen molar-refractivity contribution >= 4 is 22.3 Å². The van der Waals surface area contributed by atoms with E-state index in [1.54, 1.807) is 0 Å². The maximum absolute atomic E-state index is 5.12. The fraction of sp³-hybridized carbons (Fsp3) is 0.500. The number of fused-ring (bicyclic) bond motifs is 1. The SMILES string of the molecule is CNCCCc1ccc(-c2cc(N3CCC4(CCN(C)C4)C3)c3ccc(N(C)C)cc3n2)cn1. The van der Waals surface area contributed by atoms with E-state index in [4.69, 9.17) is 9.97 Å². The molecule has 2 aromatic heterocycles. The van der Waals surface area contributed by atoms with Gasteiger partial charge in [0, 0.05) is 73.4 Å². The van der Waals surface area contributed by atoms with Crippen LogP contribution in [-0.2, 0) is 6.42 Å². The van der Waals surface area contributed by atoms with Crippen LogP contribution in [0.5, 0.6) is 0 Å². The van der Waals surface area contributed by atoms with E-state index in [2.05, 4.69) is 77.6 Å². The molecule has 6 heteroatoms. The number of hydrogen-bond donors (Lipinski definition) is 1. The first-order chi connectivity index (χ1) is 16.5. The van der Waals surface area contributed by atoms with Gasteiger partial charge in [-0.15, -0.1) is 0 Å². The van der Waals surface area contributed by atoms with Gasteiger partial charge in [-0.25, -0.2) is 4.98 Å². The van der Waals surface area contributed by atoms with E-state index in [0.29, 0.717) is 5.41 Å². The Bertz CT molecular complexity index is 1140. The van der Waals surface area contributed by atoms with Gasteiger partial charge in [-0.1, -0.05) is 0 Å². The van der Waals surface area contributed by atoms with Crippen LogP contribution in [0.4, 0.5) is 11.4 Å². The quantitative estimate of drug-likeness (QED) is 0.539. The topological polar surface area (TPSA) is 47.5 Å². The van der Waals surface area contributed by atoms with Gasteiger partial charge >= 0.3 is 0 Å². The monoisotopic (exact) mass is 458 g/mol. The molecule has 2 saturated heterocycles. The van der Waals surface area contributed by atoms with Crippen molar-refractivity contribution in [3.63, 3.8) is 0 Å². The molecule has 2 aliphatic rings. The van der Waals surface area contributed by atoms with E-state index in [0.717, 1.165) is 54.9 Å². The molecule has 0 bridgehead atoms. The Balaban J connectivity index is 1.51. The molecule has 2 aliphatic heterocycles. The highest BCUT2D eigenvalue weighted by molar-refractivity contribution is 5.96. The Kier molecular flexibility index (Phi) is 6.45. The van der Waals surface area contributed by atoms with Crippen LogP contribution in [-0.4, -0.2) is 75.8 Å². The van der Waals surface area contributed by atoms with Crippen molar-refractivity contribution in [3.8, 4) is 11.3 Å². The van der Waals surface area contributed by atoms with Crippen LogP contribution in [0.2, 0.25) is 0 Å². The summed E-state index contributed by atoms with van der Waals surface area (Å²) in [4.78, 5) is 17.1. The highest BCUT2D eigenvalue weighted by Gasteiger charge is 2.42. The summed E-state index contributed by atoms with van der Waals surface area (Å²) in [5.41, 5.74) is 7.22. The molecule has 3 aromatic rings. The first kappa shape index (κ1) is 23.1. The average molecular weight is 459 g/mol. The van der Waals surface area contributed by atoms with Crippen LogP contribution < -0.4 is 15.1 Å². The molecule has 6 nitrogen and oxygen atoms in total. The molecule has 1 unspecified atom stereocenters. The lowest BCUT2D eigenvalue weighted by Gasteiger charge is -2.26. The third-order valence-electron chi connectivity index (χ3n) is 7.68. The predicted molar refractivity (Wildman–Crippen MR) is 143 cm³/mol. The van der Waals surface area contributed by atoms with E-state index in [-0.39, 0.29) is 0 Å². The fourth-order valence-electron chi connectivity index (χ4n) is 5.69. The third kappa shape index (κ3) is 4.62. The Hall–Kier alpha value is -2.70. The van der Waals surface area contributed by atoms with Gasteiger partial charge in [0.2, 0.25) is 0 Å². The zero-order valence-electron chi connectivity index (χ0n) is 21.1. The molecule has 180 valence electrons. The molecule has 34 heavy (non-hydrogen) atoms. The molecule has 2 fully saturated rings. The number of aryl methyl sites for hydroxylation is 1. The highest BCUT2D eigenvalue weighted by atomic mass is 15.2. The van der Waals surface area contributed by atoms with Crippen molar-refractivity contribution < 1.29 is 0 Å². The Labute approximate surface area is 204 Å². The number of benzene rings is 1. The van der Waals surface area contributed by atoms with Crippen LogP contribution in [0.3, 0.4) is 0 Å². The summed E-state index contributed by atoms with van der Waals surface area (Å²) in [5.74, 6) is 0. The van der Waals surface area contributed by atoms with Crippen LogP contribution in [0.15, 0.2) is 42.6 Å². The lowest BCUT2D eigenvalue weighted by Crippen LogP contribution is -2.29. The van der Waals surface area contributed by atoms with Gasteiger partial charge in [-0.05, 0) is 89.3 Å². The van der Waals surface area contributed by atoms with Gasteiger partial charge in [0.25, 0.3) is 0 Å². The second kappa shape index (κ2) is 9.51. The van der Waals surface area contributed by atoms with Gasteiger partial charge < -0.3 is 20.0 Å². The van der Waals surface area contributed by atoms with Crippen LogP contribution in [0, 0.1) is 5.41 Å². The Morgan fingerprint density at radius 2 is 1.91 bits per heavy atom. The highest BCUT2D eigenvalue weighted by Crippen LogP contribution is 2.43. The zero-order valence-corrected chi connectivity index (χ0v) is 21.1. The van der Waals surface area contributed by atoms with Crippen LogP contribution >= 0.6 is 0 Å². The number of anilines is 2. The molecule has 0 aliphatic carbocycles. The fourth-order valence-corrected chi connectivity index (χ4v) is 5.69. The standard InChI is InChI=1S/C28H38N6/c1-29-13-5-6-22-8-7-21(18-30-22)25-17-27(24-10-9-23(32(2)3)16-26(24)31-25)34-15-12-28(20-34)11-14-33(4)19-28/h7-10,16-18,29H,5-6,11-15,19-20H2,1-4H3. The molecule has 1 atom stereocenters. The maximum atomic E-state index is 5.12. The third-order valence-corrected chi connectivity index (χ3v) is 7.68. The summed E-state index contributed by atoms with van der Waals surface area (Å²) >= 11 is 0. The van der Waals surface area contributed by atoms with Crippen molar-refractivity contribution in [3.05, 3.63) is 48.3 Å². The molecule has 1 aromatic carbocycles. The van der Waals surface area contributed by atoms with Gasteiger partial charge in [-0.3, -0.25) is 4.98 Å². The number of pyridine rings is 2. The number of rotatable bonds is 7. The van der Waals surface area contributed by atoms with E-state index < -0.39 is 0 Å². The Morgan fingerprint density at radius 3 is 2.62 bits per heavy atom. The van der Waals surface area contributed by atoms with Gasteiger partial charge in [0.05, 0.1) is 11.2 Å². The number of likely N-dealkylation sites (tertiary alicyclic amines) is 1. The summed E-state index contributed by atoms with van der Waals surface area (Å²) in [6.45, 7) is 5.69. The van der Waals surface area contributed by atoms with E-state index in [1.807, 2.05) is 13.2 Å². The zero-order chi connectivity index (χ0) is 23.7. The molecule has 0 saturated carbocycles. The summed E-state index contributed by atoms with van der Waals surface area (Å²) < 4.78 is 0. The molecule has 0 radical (unpaired) electrons. The molecular weight excluding hydrogens is 420 g/mol. The predicted octanol–water partition coefficient (Wildman–Crippen LogP) is 4.05. The molecule has 5 rings (SSSR count). The lowest BCUT2D eigenvalue weighted by molar-refractivity contribution is 0.312. The van der Waals surface area contributed by atoms with Gasteiger partial charge in [0.1, 0.15) is 0 Å². The minimum Gasteiger partial charge on any atom is -0.378 e. The molecule has 0 amide bonds.